The van der Waals surface area contributed by atoms with Gasteiger partial charge in [0.1, 0.15) is 0 Å². The molecule has 6 nitrogen and oxygen atoms in total. The van der Waals surface area contributed by atoms with Crippen molar-refractivity contribution in [2.45, 2.75) is 25.4 Å². The molecule has 0 radical (unpaired) electrons. The van der Waals surface area contributed by atoms with Crippen LogP contribution in [0.4, 0.5) is 4.79 Å². The van der Waals surface area contributed by atoms with E-state index >= 15 is 0 Å². The number of β-amino-alcohol motifs (C(OH)–C–C–N with tert-alkyl or cyclic N) is 1. The van der Waals surface area contributed by atoms with Gasteiger partial charge >= 0.3 is 6.03 Å². The Hall–Kier alpha value is -1.14. The summed E-state index contributed by atoms with van der Waals surface area (Å²) >= 11 is 0. The standard InChI is InChI=1S/C10H19N3O3/c1-11-10(16)12-9(15)4-6-13-5-2-3-8(14)7-13/h8,14H,2-7H2,1H3,(H2,11,12,15,16)/t8-/m0/s1. The number of hydrogen-bond donors (Lipinski definition) is 3. The molecule has 0 aliphatic carbocycles. The number of amides is 3. The third-order valence-corrected chi connectivity index (χ3v) is 2.62. The second-order valence-corrected chi connectivity index (χ2v) is 3.97. The quantitative estimate of drug-likeness (QED) is 0.597. The summed E-state index contributed by atoms with van der Waals surface area (Å²) in [7, 11) is 1.46. The van der Waals surface area contributed by atoms with E-state index < -0.39 is 6.03 Å². The van der Waals surface area contributed by atoms with Crippen LogP contribution in [-0.2, 0) is 4.79 Å². The summed E-state index contributed by atoms with van der Waals surface area (Å²) in [5.74, 6) is -0.292. The summed E-state index contributed by atoms with van der Waals surface area (Å²) in [6.07, 6.45) is 1.79. The number of carbonyl (C=O) groups is 2. The summed E-state index contributed by atoms with van der Waals surface area (Å²) in [4.78, 5) is 24.1. The molecule has 3 N–H and O–H groups in total. The minimum absolute atomic E-state index is 0.278. The molecule has 0 unspecified atom stereocenters. The second-order valence-electron chi connectivity index (χ2n) is 3.97. The number of nitrogens with one attached hydrogen (secondary N) is 2. The largest absolute Gasteiger partial charge is 0.392 e. The van der Waals surface area contributed by atoms with Crippen molar-refractivity contribution >= 4 is 11.9 Å². The number of urea groups is 1. The highest BCUT2D eigenvalue weighted by atomic mass is 16.3. The Balaban J connectivity index is 2.18. The summed E-state index contributed by atoms with van der Waals surface area (Å²) in [6.45, 7) is 2.11. The van der Waals surface area contributed by atoms with Crippen LogP contribution in [0.25, 0.3) is 0 Å². The van der Waals surface area contributed by atoms with Gasteiger partial charge in [-0.2, -0.15) is 0 Å². The van der Waals surface area contributed by atoms with Gasteiger partial charge in [0.05, 0.1) is 6.10 Å². The molecule has 1 aliphatic heterocycles. The van der Waals surface area contributed by atoms with Gasteiger partial charge in [-0.1, -0.05) is 0 Å². The average Bonchev–Trinajstić information content (AvgIpc) is 2.26. The molecule has 0 aromatic rings. The van der Waals surface area contributed by atoms with Crippen LogP contribution in [0.2, 0.25) is 0 Å². The molecule has 6 heteroatoms. The first-order valence-corrected chi connectivity index (χ1v) is 5.54. The number of nitrogens with zero attached hydrogens (tertiary/aromatic N) is 1. The van der Waals surface area contributed by atoms with Crippen LogP contribution < -0.4 is 10.6 Å². The Morgan fingerprint density at radius 3 is 2.88 bits per heavy atom. The van der Waals surface area contributed by atoms with E-state index in [-0.39, 0.29) is 18.4 Å². The van der Waals surface area contributed by atoms with Crippen LogP contribution >= 0.6 is 0 Å². The predicted molar refractivity (Wildman–Crippen MR) is 58.9 cm³/mol. The molecule has 0 saturated carbocycles. The maximum absolute atomic E-state index is 11.3. The molecule has 1 atom stereocenters. The molecule has 0 bridgehead atoms. The lowest BCUT2D eigenvalue weighted by atomic mass is 10.1. The van der Waals surface area contributed by atoms with Crippen molar-refractivity contribution in [2.24, 2.45) is 0 Å². The molecule has 92 valence electrons. The zero-order valence-corrected chi connectivity index (χ0v) is 9.53. The Kier molecular flexibility index (Phi) is 5.21. The zero-order chi connectivity index (χ0) is 12.0. The number of aliphatic hydroxyl groups excluding tert-OH is 1. The Morgan fingerprint density at radius 1 is 1.50 bits per heavy atom. The normalized spacial score (nSPS) is 21.5. The van der Waals surface area contributed by atoms with Gasteiger partial charge in [0.25, 0.3) is 0 Å². The molecule has 0 spiro atoms. The van der Waals surface area contributed by atoms with E-state index in [1.54, 1.807) is 0 Å². The third-order valence-electron chi connectivity index (χ3n) is 2.62. The first kappa shape index (κ1) is 12.9. The van der Waals surface area contributed by atoms with Crippen molar-refractivity contribution in [3.63, 3.8) is 0 Å². The van der Waals surface area contributed by atoms with Crippen molar-refractivity contribution in [3.8, 4) is 0 Å². The minimum atomic E-state index is -0.483. The van der Waals surface area contributed by atoms with Crippen molar-refractivity contribution in [2.75, 3.05) is 26.7 Å². The molecule has 1 fully saturated rings. The van der Waals surface area contributed by atoms with Crippen molar-refractivity contribution in [1.29, 1.82) is 0 Å². The highest BCUT2D eigenvalue weighted by Gasteiger charge is 2.18. The fraction of sp³-hybridized carbons (Fsp3) is 0.800. The Labute approximate surface area is 95.0 Å². The average molecular weight is 229 g/mol. The van der Waals surface area contributed by atoms with Crippen LogP contribution in [-0.4, -0.2) is 54.7 Å². The monoisotopic (exact) mass is 229 g/mol. The molecule has 1 saturated heterocycles. The SMILES string of the molecule is CNC(=O)NC(=O)CCN1CCC[C@H](O)C1. The van der Waals surface area contributed by atoms with E-state index in [1.807, 2.05) is 4.90 Å². The molecule has 16 heavy (non-hydrogen) atoms. The number of imide groups is 1. The van der Waals surface area contributed by atoms with Crippen LogP contribution in [0.3, 0.4) is 0 Å². The van der Waals surface area contributed by atoms with E-state index in [0.717, 1.165) is 19.4 Å². The highest BCUT2D eigenvalue weighted by molar-refractivity contribution is 5.94. The predicted octanol–water partition coefficient (Wildman–Crippen LogP) is -0.711. The van der Waals surface area contributed by atoms with E-state index in [9.17, 15) is 14.7 Å². The molecule has 1 aliphatic rings. The maximum Gasteiger partial charge on any atom is 0.321 e. The molecule has 0 aromatic heterocycles. The third kappa shape index (κ3) is 4.59. The number of aliphatic hydroxyl groups is 1. The number of hydrogen-bond acceptors (Lipinski definition) is 4. The van der Waals surface area contributed by atoms with E-state index in [2.05, 4.69) is 10.6 Å². The van der Waals surface area contributed by atoms with Crippen LogP contribution in [0.1, 0.15) is 19.3 Å². The first-order valence-electron chi connectivity index (χ1n) is 5.54. The smallest absolute Gasteiger partial charge is 0.321 e. The highest BCUT2D eigenvalue weighted by Crippen LogP contribution is 2.09. The van der Waals surface area contributed by atoms with Gasteiger partial charge < -0.3 is 15.3 Å². The van der Waals surface area contributed by atoms with E-state index in [0.29, 0.717) is 13.1 Å². The number of piperidine rings is 1. The van der Waals surface area contributed by atoms with Gasteiger partial charge in [-0.3, -0.25) is 10.1 Å². The van der Waals surface area contributed by atoms with Gasteiger partial charge in [-0.15, -0.1) is 0 Å². The zero-order valence-electron chi connectivity index (χ0n) is 9.53. The van der Waals surface area contributed by atoms with Crippen LogP contribution in [0.15, 0.2) is 0 Å². The summed E-state index contributed by atoms with van der Waals surface area (Å²) in [6, 6.07) is -0.483. The van der Waals surface area contributed by atoms with Crippen molar-refractivity contribution < 1.29 is 14.7 Å². The maximum atomic E-state index is 11.3. The summed E-state index contributed by atoms with van der Waals surface area (Å²) in [5, 5.41) is 13.9. The topological polar surface area (TPSA) is 81.7 Å². The molecular formula is C10H19N3O3. The van der Waals surface area contributed by atoms with Gasteiger partial charge in [-0.25, -0.2) is 4.79 Å². The lowest BCUT2D eigenvalue weighted by molar-refractivity contribution is -0.120. The fourth-order valence-corrected chi connectivity index (χ4v) is 1.75. The number of rotatable bonds is 3. The van der Waals surface area contributed by atoms with Gasteiger partial charge in [0.2, 0.25) is 5.91 Å². The summed E-state index contributed by atoms with van der Waals surface area (Å²) in [5.41, 5.74) is 0. The molecular weight excluding hydrogens is 210 g/mol. The first-order chi connectivity index (χ1) is 7.61. The molecule has 3 amide bonds. The number of likely N-dealkylation sites (tertiary alicyclic amines) is 1. The molecule has 1 heterocycles. The van der Waals surface area contributed by atoms with Gasteiger partial charge in [0.15, 0.2) is 0 Å². The Morgan fingerprint density at radius 2 is 2.25 bits per heavy atom. The van der Waals surface area contributed by atoms with Crippen molar-refractivity contribution in [3.05, 3.63) is 0 Å². The lowest BCUT2D eigenvalue weighted by Gasteiger charge is -2.29. The van der Waals surface area contributed by atoms with Crippen LogP contribution in [0.5, 0.6) is 0 Å². The minimum Gasteiger partial charge on any atom is -0.392 e. The van der Waals surface area contributed by atoms with Crippen molar-refractivity contribution in [1.82, 2.24) is 15.5 Å². The van der Waals surface area contributed by atoms with E-state index in [4.69, 9.17) is 0 Å². The summed E-state index contributed by atoms with van der Waals surface area (Å²) < 4.78 is 0. The van der Waals surface area contributed by atoms with Gasteiger partial charge in [0, 0.05) is 26.6 Å². The molecule has 0 aromatic carbocycles. The number of carbonyl (C=O) groups excluding carboxylic acids is 2. The second kappa shape index (κ2) is 6.44. The van der Waals surface area contributed by atoms with Gasteiger partial charge in [-0.05, 0) is 19.4 Å². The van der Waals surface area contributed by atoms with E-state index in [1.165, 1.54) is 7.05 Å². The Bertz CT molecular complexity index is 258. The fourth-order valence-electron chi connectivity index (χ4n) is 1.75. The molecule has 1 rings (SSSR count). The van der Waals surface area contributed by atoms with Crippen LogP contribution in [0, 0.1) is 0 Å². The lowest BCUT2D eigenvalue weighted by Crippen LogP contribution is -2.42.